The summed E-state index contributed by atoms with van der Waals surface area (Å²) in [5.41, 5.74) is 0. The molecule has 0 aliphatic heterocycles. The van der Waals surface area contributed by atoms with Gasteiger partial charge in [-0.25, -0.2) is 0 Å². The van der Waals surface area contributed by atoms with E-state index in [9.17, 15) is 14.4 Å². The van der Waals surface area contributed by atoms with E-state index in [0.717, 1.165) is 122 Å². The number of unbranched alkanes of at least 4 members (excludes halogenated alkanes) is 5. The van der Waals surface area contributed by atoms with E-state index in [1.165, 1.54) is 0 Å². The van der Waals surface area contributed by atoms with Crippen LogP contribution in [0.1, 0.15) is 175 Å². The van der Waals surface area contributed by atoms with Crippen LogP contribution in [0.2, 0.25) is 0 Å². The summed E-state index contributed by atoms with van der Waals surface area (Å²) in [6.45, 7) is 6.13. The minimum atomic E-state index is -0.857. The summed E-state index contributed by atoms with van der Waals surface area (Å²) >= 11 is 0. The van der Waals surface area contributed by atoms with Gasteiger partial charge in [-0.2, -0.15) is 0 Å². The summed E-state index contributed by atoms with van der Waals surface area (Å²) in [6, 6.07) is 0. The van der Waals surface area contributed by atoms with Gasteiger partial charge in [0.15, 0.2) is 6.10 Å². The lowest BCUT2D eigenvalue weighted by molar-refractivity contribution is -0.166. The van der Waals surface area contributed by atoms with Crippen molar-refractivity contribution in [3.8, 4) is 0 Å². The predicted octanol–water partition coefficient (Wildman–Crippen LogP) is 16.6. The fourth-order valence-electron chi connectivity index (χ4n) is 5.89. The highest BCUT2D eigenvalue weighted by molar-refractivity contribution is 5.71. The highest BCUT2D eigenvalue weighted by Crippen LogP contribution is 2.10. The van der Waals surface area contributed by atoms with Gasteiger partial charge in [0.05, 0.1) is 0 Å². The number of carbonyl (C=O) groups is 3. The van der Waals surface area contributed by atoms with E-state index in [-0.39, 0.29) is 38.0 Å². The van der Waals surface area contributed by atoms with Crippen LogP contribution in [0.5, 0.6) is 0 Å². The van der Waals surface area contributed by atoms with E-state index in [4.69, 9.17) is 14.2 Å². The predicted molar refractivity (Wildman–Crippen MR) is 278 cm³/mol. The molecule has 0 saturated heterocycles. The van der Waals surface area contributed by atoms with Gasteiger partial charge in [-0.15, -0.1) is 0 Å². The number of allylic oxidation sites excluding steroid dienone is 26. The maximum atomic E-state index is 12.8. The Morgan fingerprint density at radius 2 is 0.600 bits per heavy atom. The molecule has 1 atom stereocenters. The molecule has 0 aliphatic rings. The van der Waals surface area contributed by atoms with Gasteiger partial charge >= 0.3 is 17.9 Å². The minimum absolute atomic E-state index is 0.145. The monoisotopic (exact) mass is 893 g/mol. The molecule has 0 aromatic heterocycles. The topological polar surface area (TPSA) is 78.9 Å². The van der Waals surface area contributed by atoms with Crippen LogP contribution in [0.15, 0.2) is 158 Å². The summed E-state index contributed by atoms with van der Waals surface area (Å²) < 4.78 is 16.6. The van der Waals surface area contributed by atoms with Crippen molar-refractivity contribution in [2.24, 2.45) is 0 Å². The number of rotatable bonds is 42. The van der Waals surface area contributed by atoms with Gasteiger partial charge < -0.3 is 14.2 Å². The first-order chi connectivity index (χ1) is 32.0. The molecule has 0 fully saturated rings. The van der Waals surface area contributed by atoms with E-state index in [0.29, 0.717) is 19.3 Å². The van der Waals surface area contributed by atoms with Gasteiger partial charge in [0, 0.05) is 19.3 Å². The average Bonchev–Trinajstić information content (AvgIpc) is 3.30. The zero-order valence-electron chi connectivity index (χ0n) is 40.9. The lowest BCUT2D eigenvalue weighted by atomic mass is 10.1. The van der Waals surface area contributed by atoms with Crippen molar-refractivity contribution in [1.82, 2.24) is 0 Å². The normalized spacial score (nSPS) is 13.5. The molecule has 0 radical (unpaired) electrons. The van der Waals surface area contributed by atoms with Gasteiger partial charge in [0.2, 0.25) is 0 Å². The number of ether oxygens (including phenoxy) is 3. The first-order valence-corrected chi connectivity index (χ1v) is 25.0. The third-order valence-electron chi connectivity index (χ3n) is 9.52. The quantitative estimate of drug-likeness (QED) is 0.0263. The van der Waals surface area contributed by atoms with E-state index >= 15 is 0 Å². The number of hydrogen-bond donors (Lipinski definition) is 0. The molecule has 0 spiro atoms. The van der Waals surface area contributed by atoms with Crippen molar-refractivity contribution in [2.75, 3.05) is 13.2 Å². The molecule has 0 aromatic rings. The molecular formula is C59H88O6. The van der Waals surface area contributed by atoms with Gasteiger partial charge in [0.1, 0.15) is 13.2 Å². The van der Waals surface area contributed by atoms with E-state index in [1.807, 2.05) is 12.2 Å². The van der Waals surface area contributed by atoms with Gasteiger partial charge in [-0.1, -0.05) is 192 Å². The second kappa shape index (κ2) is 51.7. The van der Waals surface area contributed by atoms with Crippen LogP contribution < -0.4 is 0 Å². The third kappa shape index (κ3) is 49.9. The van der Waals surface area contributed by atoms with Crippen molar-refractivity contribution in [2.45, 2.75) is 181 Å². The summed E-state index contributed by atoms with van der Waals surface area (Å²) in [4.78, 5) is 37.9. The molecule has 0 aliphatic carbocycles. The Hall–Kier alpha value is -4.97. The molecule has 6 heteroatoms. The Morgan fingerprint density at radius 1 is 0.308 bits per heavy atom. The summed E-state index contributed by atoms with van der Waals surface area (Å²) in [5, 5.41) is 0. The SMILES string of the molecule is CC/C=C\C/C=C\C/C=C\C/C=C\C/C=C\CCCC(=O)OCC(COC(=O)CCCCCC/C=C\C/C=C\C/C=C\CC)OC(=O)CC/C=C\C/C=C\C/C=C\C/C=C\C/C=C\CC. The lowest BCUT2D eigenvalue weighted by Crippen LogP contribution is -2.30. The molecule has 0 aromatic carbocycles. The average molecular weight is 893 g/mol. The fourth-order valence-corrected chi connectivity index (χ4v) is 5.89. The maximum absolute atomic E-state index is 12.8. The zero-order valence-corrected chi connectivity index (χ0v) is 40.9. The Balaban J connectivity index is 4.67. The number of esters is 3. The van der Waals surface area contributed by atoms with Crippen molar-refractivity contribution >= 4 is 17.9 Å². The van der Waals surface area contributed by atoms with Crippen LogP contribution in [0.25, 0.3) is 0 Å². The van der Waals surface area contributed by atoms with Crippen molar-refractivity contribution in [1.29, 1.82) is 0 Å². The van der Waals surface area contributed by atoms with Crippen molar-refractivity contribution in [3.63, 3.8) is 0 Å². The zero-order chi connectivity index (χ0) is 47.2. The van der Waals surface area contributed by atoms with Crippen LogP contribution in [0.3, 0.4) is 0 Å². The molecule has 0 bridgehead atoms. The van der Waals surface area contributed by atoms with Crippen LogP contribution in [-0.2, 0) is 28.6 Å². The first kappa shape index (κ1) is 60.0. The molecule has 0 rings (SSSR count). The maximum Gasteiger partial charge on any atom is 0.306 e. The first-order valence-electron chi connectivity index (χ1n) is 25.0. The highest BCUT2D eigenvalue weighted by atomic mass is 16.6. The molecule has 0 N–H and O–H groups in total. The lowest BCUT2D eigenvalue weighted by Gasteiger charge is -2.18. The Labute approximate surface area is 397 Å². The highest BCUT2D eigenvalue weighted by Gasteiger charge is 2.19. The van der Waals surface area contributed by atoms with E-state index in [2.05, 4.69) is 167 Å². The van der Waals surface area contributed by atoms with Crippen LogP contribution >= 0.6 is 0 Å². The summed E-state index contributed by atoms with van der Waals surface area (Å²) in [6.07, 6.45) is 75.3. The van der Waals surface area contributed by atoms with Gasteiger partial charge in [-0.3, -0.25) is 14.4 Å². The largest absolute Gasteiger partial charge is 0.462 e. The molecule has 0 heterocycles. The second-order valence-electron chi connectivity index (χ2n) is 15.6. The van der Waals surface area contributed by atoms with E-state index in [1.54, 1.807) is 0 Å². The van der Waals surface area contributed by atoms with Crippen LogP contribution in [0.4, 0.5) is 0 Å². The molecule has 6 nitrogen and oxygen atoms in total. The minimum Gasteiger partial charge on any atom is -0.462 e. The standard InChI is InChI=1S/C59H88O6/c1-4-7-10-13-16-19-22-25-28-30-32-34-37-40-43-46-49-52-58(61)64-55-56(54-63-57(60)51-48-45-42-39-36-33-27-24-21-18-15-12-9-6-3)65-59(62)53-50-47-44-41-38-35-31-29-26-23-20-17-14-11-8-5-2/h7-12,16-21,25-29,32-35,38,40,43-44,47,56H,4-6,13-15,22-24,30-31,36-37,39,41-42,45-46,48-55H2,1-3H3/b10-7-,11-8-,12-9-,19-16-,20-17-,21-18-,28-25-,29-26-,33-27-,34-32-,38-35-,43-40-,47-44-. The summed E-state index contributed by atoms with van der Waals surface area (Å²) in [5.74, 6) is -1.13. The Morgan fingerprint density at radius 3 is 0.969 bits per heavy atom. The third-order valence-corrected chi connectivity index (χ3v) is 9.52. The van der Waals surface area contributed by atoms with Crippen LogP contribution in [-0.4, -0.2) is 37.2 Å². The number of hydrogen-bond acceptors (Lipinski definition) is 6. The Kier molecular flexibility index (Phi) is 47.7. The van der Waals surface area contributed by atoms with Gasteiger partial charge in [-0.05, 0) is 122 Å². The van der Waals surface area contributed by atoms with E-state index < -0.39 is 12.1 Å². The van der Waals surface area contributed by atoms with Crippen molar-refractivity contribution in [3.05, 3.63) is 158 Å². The fraction of sp³-hybridized carbons (Fsp3) is 0.508. The Bertz CT molecular complexity index is 1540. The van der Waals surface area contributed by atoms with Gasteiger partial charge in [0.25, 0.3) is 0 Å². The molecule has 1 unspecified atom stereocenters. The number of carbonyl (C=O) groups excluding carboxylic acids is 3. The summed E-state index contributed by atoms with van der Waals surface area (Å²) in [7, 11) is 0. The molecular weight excluding hydrogens is 805 g/mol. The second-order valence-corrected chi connectivity index (χ2v) is 15.6. The van der Waals surface area contributed by atoms with Crippen molar-refractivity contribution < 1.29 is 28.6 Å². The molecule has 0 amide bonds. The molecule has 360 valence electrons. The smallest absolute Gasteiger partial charge is 0.306 e. The molecule has 65 heavy (non-hydrogen) atoms. The molecule has 0 saturated carbocycles. The van der Waals surface area contributed by atoms with Crippen LogP contribution in [0, 0.1) is 0 Å².